The van der Waals surface area contributed by atoms with Crippen molar-refractivity contribution in [2.45, 2.75) is 26.3 Å². The van der Waals surface area contributed by atoms with Crippen LogP contribution in [-0.2, 0) is 6.54 Å². The average Bonchev–Trinajstić information content (AvgIpc) is 2.78. The molecule has 1 amide bonds. The lowest BCUT2D eigenvalue weighted by molar-refractivity contribution is 0.0930. The Morgan fingerprint density at radius 2 is 1.77 bits per heavy atom. The molecule has 2 heterocycles. The lowest BCUT2D eigenvalue weighted by Gasteiger charge is -2.32. The molecule has 1 aliphatic heterocycles. The molecular formula is C26H29N3O. The van der Waals surface area contributed by atoms with E-state index in [4.69, 9.17) is 0 Å². The molecule has 0 spiro atoms. The van der Waals surface area contributed by atoms with Gasteiger partial charge in [0.1, 0.15) is 0 Å². The van der Waals surface area contributed by atoms with Crippen LogP contribution >= 0.6 is 0 Å². The van der Waals surface area contributed by atoms with E-state index in [9.17, 15) is 4.79 Å². The minimum Gasteiger partial charge on any atom is -0.352 e. The van der Waals surface area contributed by atoms with Crippen LogP contribution in [0.4, 0.5) is 0 Å². The standard InChI is InChI=1S/C26H29N3O/c1-20-7-5-11-25(28-20)19-29-16-6-8-21(18-29)17-27-26(30)24-14-12-23(13-15-24)22-9-3-2-4-10-22/h2-5,7,9-15,21H,6,8,16-19H2,1H3,(H,27,30)/t21-/m0/s1. The molecule has 3 aromatic rings. The Labute approximate surface area is 179 Å². The average molecular weight is 400 g/mol. The Balaban J connectivity index is 1.29. The molecule has 1 N–H and O–H groups in total. The van der Waals surface area contributed by atoms with E-state index in [0.29, 0.717) is 11.5 Å². The number of rotatable bonds is 6. The van der Waals surface area contributed by atoms with Crippen molar-refractivity contribution in [1.29, 1.82) is 0 Å². The van der Waals surface area contributed by atoms with Gasteiger partial charge in [-0.1, -0.05) is 48.5 Å². The SMILES string of the molecule is Cc1cccc(CN2CCC[C@@H](CNC(=O)c3ccc(-c4ccccc4)cc3)C2)n1. The van der Waals surface area contributed by atoms with E-state index >= 15 is 0 Å². The summed E-state index contributed by atoms with van der Waals surface area (Å²) in [5.74, 6) is 0.489. The topological polar surface area (TPSA) is 45.2 Å². The number of hydrogen-bond acceptors (Lipinski definition) is 3. The lowest BCUT2D eigenvalue weighted by Crippen LogP contribution is -2.40. The highest BCUT2D eigenvalue weighted by molar-refractivity contribution is 5.94. The molecule has 0 radical (unpaired) electrons. The largest absolute Gasteiger partial charge is 0.352 e. The number of carbonyl (C=O) groups is 1. The Kier molecular flexibility index (Phi) is 6.55. The molecule has 1 aliphatic rings. The molecule has 154 valence electrons. The summed E-state index contributed by atoms with van der Waals surface area (Å²) < 4.78 is 0. The third kappa shape index (κ3) is 5.33. The molecule has 0 aliphatic carbocycles. The third-order valence-electron chi connectivity index (χ3n) is 5.74. The number of carbonyl (C=O) groups excluding carboxylic acids is 1. The number of pyridine rings is 1. The van der Waals surface area contributed by atoms with E-state index in [1.165, 1.54) is 0 Å². The Morgan fingerprint density at radius 3 is 2.53 bits per heavy atom. The highest BCUT2D eigenvalue weighted by atomic mass is 16.1. The molecule has 1 fully saturated rings. The molecule has 4 rings (SSSR count). The molecule has 1 aromatic heterocycles. The van der Waals surface area contributed by atoms with Crippen molar-refractivity contribution >= 4 is 5.91 Å². The van der Waals surface area contributed by atoms with Gasteiger partial charge in [0.25, 0.3) is 5.91 Å². The number of aromatic nitrogens is 1. The van der Waals surface area contributed by atoms with Gasteiger partial charge in [0, 0.05) is 30.9 Å². The first kappa shape index (κ1) is 20.3. The van der Waals surface area contributed by atoms with Crippen LogP contribution in [0, 0.1) is 12.8 Å². The van der Waals surface area contributed by atoms with E-state index in [0.717, 1.165) is 61.5 Å². The summed E-state index contributed by atoms with van der Waals surface area (Å²) in [6.45, 7) is 5.73. The molecule has 0 saturated carbocycles. The van der Waals surface area contributed by atoms with Gasteiger partial charge in [-0.25, -0.2) is 0 Å². The van der Waals surface area contributed by atoms with E-state index in [-0.39, 0.29) is 5.91 Å². The smallest absolute Gasteiger partial charge is 0.251 e. The fourth-order valence-corrected chi connectivity index (χ4v) is 4.16. The summed E-state index contributed by atoms with van der Waals surface area (Å²) in [5.41, 5.74) is 5.19. The van der Waals surface area contributed by atoms with Crippen LogP contribution in [0.25, 0.3) is 11.1 Å². The number of hydrogen-bond donors (Lipinski definition) is 1. The first-order valence-electron chi connectivity index (χ1n) is 10.8. The number of nitrogens with zero attached hydrogens (tertiary/aromatic N) is 2. The van der Waals surface area contributed by atoms with Crippen LogP contribution in [0.1, 0.15) is 34.6 Å². The number of benzene rings is 2. The van der Waals surface area contributed by atoms with Gasteiger partial charge < -0.3 is 5.32 Å². The van der Waals surface area contributed by atoms with Gasteiger partial charge in [-0.2, -0.15) is 0 Å². The predicted molar refractivity (Wildman–Crippen MR) is 121 cm³/mol. The normalized spacial score (nSPS) is 16.9. The van der Waals surface area contributed by atoms with Crippen LogP contribution in [-0.4, -0.2) is 35.4 Å². The van der Waals surface area contributed by atoms with E-state index in [2.05, 4.69) is 39.5 Å². The van der Waals surface area contributed by atoms with Crippen LogP contribution < -0.4 is 5.32 Å². The van der Waals surface area contributed by atoms with E-state index < -0.39 is 0 Å². The van der Waals surface area contributed by atoms with Gasteiger partial charge in [-0.15, -0.1) is 0 Å². The van der Waals surface area contributed by atoms with Gasteiger partial charge in [-0.3, -0.25) is 14.7 Å². The molecular weight excluding hydrogens is 370 g/mol. The number of likely N-dealkylation sites (tertiary alicyclic amines) is 1. The summed E-state index contributed by atoms with van der Waals surface area (Å²) >= 11 is 0. The minimum atomic E-state index is 0.00656. The second-order valence-electron chi connectivity index (χ2n) is 8.17. The summed E-state index contributed by atoms with van der Waals surface area (Å²) in [7, 11) is 0. The van der Waals surface area contributed by atoms with Crippen LogP contribution in [0.2, 0.25) is 0 Å². The molecule has 2 aromatic carbocycles. The number of amides is 1. The summed E-state index contributed by atoms with van der Waals surface area (Å²) in [6.07, 6.45) is 2.32. The molecule has 1 saturated heterocycles. The molecule has 0 bridgehead atoms. The van der Waals surface area contributed by atoms with Crippen LogP contribution in [0.15, 0.2) is 72.8 Å². The van der Waals surface area contributed by atoms with Gasteiger partial charge in [0.2, 0.25) is 0 Å². The first-order chi connectivity index (χ1) is 14.7. The zero-order chi connectivity index (χ0) is 20.8. The van der Waals surface area contributed by atoms with Gasteiger partial charge >= 0.3 is 0 Å². The van der Waals surface area contributed by atoms with Crippen molar-refractivity contribution in [2.75, 3.05) is 19.6 Å². The van der Waals surface area contributed by atoms with Crippen LogP contribution in [0.3, 0.4) is 0 Å². The number of nitrogens with one attached hydrogen (secondary N) is 1. The number of aryl methyl sites for hydroxylation is 1. The third-order valence-corrected chi connectivity index (χ3v) is 5.74. The Bertz CT molecular complexity index is 969. The predicted octanol–water partition coefficient (Wildman–Crippen LogP) is 4.70. The second-order valence-corrected chi connectivity index (χ2v) is 8.17. The van der Waals surface area contributed by atoms with E-state index in [1.54, 1.807) is 0 Å². The molecule has 4 heteroatoms. The molecule has 1 atom stereocenters. The maximum Gasteiger partial charge on any atom is 0.251 e. The van der Waals surface area contributed by atoms with Gasteiger partial charge in [0.15, 0.2) is 0 Å². The van der Waals surface area contributed by atoms with Gasteiger partial charge in [0.05, 0.1) is 5.69 Å². The summed E-state index contributed by atoms with van der Waals surface area (Å²) in [4.78, 5) is 19.7. The van der Waals surface area contributed by atoms with Crippen LogP contribution in [0.5, 0.6) is 0 Å². The fourth-order valence-electron chi connectivity index (χ4n) is 4.16. The summed E-state index contributed by atoms with van der Waals surface area (Å²) in [6, 6.07) is 24.3. The monoisotopic (exact) mass is 399 g/mol. The highest BCUT2D eigenvalue weighted by Gasteiger charge is 2.21. The number of piperidine rings is 1. The Hall–Kier alpha value is -2.98. The Morgan fingerprint density at radius 1 is 1.00 bits per heavy atom. The quantitative estimate of drug-likeness (QED) is 0.653. The molecule has 30 heavy (non-hydrogen) atoms. The molecule has 0 unspecified atom stereocenters. The minimum absolute atomic E-state index is 0.00656. The first-order valence-corrected chi connectivity index (χ1v) is 10.8. The van der Waals surface area contributed by atoms with Crippen molar-refractivity contribution in [3.8, 4) is 11.1 Å². The van der Waals surface area contributed by atoms with Crippen molar-refractivity contribution in [2.24, 2.45) is 5.92 Å². The maximum absolute atomic E-state index is 12.6. The van der Waals surface area contributed by atoms with Crippen molar-refractivity contribution < 1.29 is 4.79 Å². The fraction of sp³-hybridized carbons (Fsp3) is 0.308. The van der Waals surface area contributed by atoms with Crippen molar-refractivity contribution in [3.63, 3.8) is 0 Å². The lowest BCUT2D eigenvalue weighted by atomic mass is 9.97. The zero-order valence-corrected chi connectivity index (χ0v) is 17.6. The second kappa shape index (κ2) is 9.68. The highest BCUT2D eigenvalue weighted by Crippen LogP contribution is 2.20. The zero-order valence-electron chi connectivity index (χ0n) is 17.6. The van der Waals surface area contributed by atoms with E-state index in [1.807, 2.05) is 55.5 Å². The van der Waals surface area contributed by atoms with Crippen molar-refractivity contribution in [1.82, 2.24) is 15.2 Å². The maximum atomic E-state index is 12.6. The van der Waals surface area contributed by atoms with Crippen molar-refractivity contribution in [3.05, 3.63) is 89.7 Å². The summed E-state index contributed by atoms with van der Waals surface area (Å²) in [5, 5.41) is 3.14. The molecule has 4 nitrogen and oxygen atoms in total. The van der Waals surface area contributed by atoms with Gasteiger partial charge in [-0.05, 0) is 67.6 Å².